The van der Waals surface area contributed by atoms with E-state index >= 15 is 0 Å². The number of rotatable bonds is 2. The molecule has 1 aliphatic carbocycles. The van der Waals surface area contributed by atoms with Gasteiger partial charge in [0, 0.05) is 37.0 Å². The molecule has 0 unspecified atom stereocenters. The van der Waals surface area contributed by atoms with Gasteiger partial charge in [-0.3, -0.25) is 19.7 Å². The average molecular weight is 257 g/mol. The van der Waals surface area contributed by atoms with Crippen molar-refractivity contribution in [2.24, 2.45) is 5.92 Å². The summed E-state index contributed by atoms with van der Waals surface area (Å²) in [6.45, 7) is 0. The summed E-state index contributed by atoms with van der Waals surface area (Å²) in [4.78, 5) is 32.8. The minimum absolute atomic E-state index is 0.00620. The molecular formula is C14H11NO4. The highest BCUT2D eigenvalue weighted by Crippen LogP contribution is 2.20. The van der Waals surface area contributed by atoms with Gasteiger partial charge < -0.3 is 0 Å². The number of carbonyl (C=O) groups is 2. The van der Waals surface area contributed by atoms with Crippen LogP contribution in [0.5, 0.6) is 0 Å². The monoisotopic (exact) mass is 257 g/mol. The number of ketones is 2. The number of nitro groups is 1. The molecule has 0 spiro atoms. The van der Waals surface area contributed by atoms with Gasteiger partial charge in [0.2, 0.25) is 0 Å². The van der Waals surface area contributed by atoms with Gasteiger partial charge in [0.05, 0.1) is 10.8 Å². The summed E-state index contributed by atoms with van der Waals surface area (Å²) in [6, 6.07) is 5.83. The molecule has 96 valence electrons. The zero-order valence-electron chi connectivity index (χ0n) is 10.1. The molecule has 0 saturated heterocycles. The lowest BCUT2D eigenvalue weighted by Crippen LogP contribution is -2.12. The maximum Gasteiger partial charge on any atom is 0.269 e. The van der Waals surface area contributed by atoms with Crippen molar-refractivity contribution in [1.29, 1.82) is 0 Å². The normalized spacial score (nSPS) is 15.2. The van der Waals surface area contributed by atoms with Crippen LogP contribution < -0.4 is 0 Å². The molecule has 1 fully saturated rings. The van der Waals surface area contributed by atoms with E-state index in [0.717, 1.165) is 0 Å². The number of Topliss-reactive ketones (excluding diaryl/α,β-unsaturated/α-hetero) is 2. The van der Waals surface area contributed by atoms with E-state index in [1.54, 1.807) is 12.1 Å². The average Bonchev–Trinajstić information content (AvgIpc) is 2.71. The molecule has 1 aromatic rings. The van der Waals surface area contributed by atoms with Crippen LogP contribution in [0.15, 0.2) is 24.3 Å². The molecule has 1 aliphatic rings. The first-order valence-electron chi connectivity index (χ1n) is 5.86. The van der Waals surface area contributed by atoms with Crippen LogP contribution in [0.4, 0.5) is 5.69 Å². The van der Waals surface area contributed by atoms with E-state index in [-0.39, 0.29) is 23.7 Å². The maximum atomic E-state index is 11.4. The van der Waals surface area contributed by atoms with E-state index < -0.39 is 10.8 Å². The van der Waals surface area contributed by atoms with Crippen LogP contribution in [0, 0.1) is 27.9 Å². The van der Waals surface area contributed by atoms with Crippen molar-refractivity contribution in [3.63, 3.8) is 0 Å². The second-order valence-corrected chi connectivity index (χ2v) is 4.30. The number of hydrogen-bond acceptors (Lipinski definition) is 4. The van der Waals surface area contributed by atoms with Gasteiger partial charge in [-0.15, -0.1) is 0 Å². The predicted octanol–water partition coefficient (Wildman–Crippen LogP) is 1.88. The quantitative estimate of drug-likeness (QED) is 0.351. The fraction of sp³-hybridized carbons (Fsp3) is 0.286. The first kappa shape index (κ1) is 13.0. The lowest BCUT2D eigenvalue weighted by atomic mass is 10.0. The minimum atomic E-state index is -0.578. The fourth-order valence-corrected chi connectivity index (χ4v) is 1.92. The van der Waals surface area contributed by atoms with Crippen LogP contribution in [0.3, 0.4) is 0 Å². The minimum Gasteiger partial charge on any atom is -0.299 e. The Bertz CT molecular complexity index is 576. The van der Waals surface area contributed by atoms with Crippen molar-refractivity contribution in [2.75, 3.05) is 0 Å². The van der Waals surface area contributed by atoms with E-state index in [9.17, 15) is 19.7 Å². The third-order valence-electron chi connectivity index (χ3n) is 3.01. The van der Waals surface area contributed by atoms with Gasteiger partial charge in [0.1, 0.15) is 11.6 Å². The van der Waals surface area contributed by atoms with E-state index in [1.807, 2.05) is 0 Å². The van der Waals surface area contributed by atoms with Gasteiger partial charge in [-0.1, -0.05) is 11.8 Å². The number of carbonyl (C=O) groups excluding carboxylic acids is 2. The molecule has 5 heteroatoms. The molecule has 1 saturated carbocycles. The lowest BCUT2D eigenvalue weighted by molar-refractivity contribution is -0.384. The zero-order chi connectivity index (χ0) is 13.8. The summed E-state index contributed by atoms with van der Waals surface area (Å²) < 4.78 is 0. The van der Waals surface area contributed by atoms with Gasteiger partial charge in [-0.05, 0) is 12.1 Å². The van der Waals surface area contributed by atoms with Crippen LogP contribution in [0.25, 0.3) is 0 Å². The Morgan fingerprint density at radius 1 is 1.16 bits per heavy atom. The highest BCUT2D eigenvalue weighted by molar-refractivity contribution is 6.08. The Kier molecular flexibility index (Phi) is 3.71. The number of nitrogens with zero attached hydrogens (tertiary/aromatic N) is 1. The summed E-state index contributed by atoms with van der Waals surface area (Å²) in [6.07, 6.45) is 0.875. The second kappa shape index (κ2) is 5.44. The van der Waals surface area contributed by atoms with Crippen molar-refractivity contribution in [1.82, 2.24) is 0 Å². The highest BCUT2D eigenvalue weighted by Gasteiger charge is 2.31. The predicted molar refractivity (Wildman–Crippen MR) is 67.3 cm³/mol. The summed E-state index contributed by atoms with van der Waals surface area (Å²) in [5, 5.41) is 10.5. The first-order valence-corrected chi connectivity index (χ1v) is 5.86. The van der Waals surface area contributed by atoms with Crippen LogP contribution in [0.2, 0.25) is 0 Å². The molecule has 1 aromatic carbocycles. The first-order chi connectivity index (χ1) is 9.08. The molecular weight excluding hydrogens is 246 g/mol. The number of hydrogen-bond donors (Lipinski definition) is 0. The fourth-order valence-electron chi connectivity index (χ4n) is 1.92. The Hall–Kier alpha value is -2.48. The van der Waals surface area contributed by atoms with Gasteiger partial charge in [0.25, 0.3) is 5.69 Å². The second-order valence-electron chi connectivity index (χ2n) is 4.30. The molecule has 0 radical (unpaired) electrons. The molecule has 0 bridgehead atoms. The number of non-ortho nitro benzene ring substituents is 1. The zero-order valence-corrected chi connectivity index (χ0v) is 10.1. The molecule has 0 N–H and O–H groups in total. The third-order valence-corrected chi connectivity index (χ3v) is 3.01. The smallest absolute Gasteiger partial charge is 0.269 e. The van der Waals surface area contributed by atoms with Gasteiger partial charge in [-0.2, -0.15) is 0 Å². The number of benzene rings is 1. The van der Waals surface area contributed by atoms with Crippen LogP contribution in [-0.4, -0.2) is 16.5 Å². The Morgan fingerprint density at radius 2 is 1.74 bits per heavy atom. The maximum absolute atomic E-state index is 11.4. The van der Waals surface area contributed by atoms with E-state index in [4.69, 9.17) is 0 Å². The molecule has 0 amide bonds. The van der Waals surface area contributed by atoms with Gasteiger partial charge in [-0.25, -0.2) is 0 Å². The SMILES string of the molecule is O=C1CCC(=O)C1CC#Cc1ccc([N+](=O)[O-])cc1. The van der Waals surface area contributed by atoms with Crippen molar-refractivity contribution < 1.29 is 14.5 Å². The van der Waals surface area contributed by atoms with Crippen LogP contribution in [0.1, 0.15) is 24.8 Å². The molecule has 5 nitrogen and oxygen atoms in total. The molecule has 0 atom stereocenters. The van der Waals surface area contributed by atoms with Crippen molar-refractivity contribution in [2.45, 2.75) is 19.3 Å². The Balaban J connectivity index is 2.02. The standard InChI is InChI=1S/C14H11NO4/c16-13-8-9-14(17)12(13)3-1-2-10-4-6-11(7-5-10)15(18)19/h4-7,12H,3,8-9H2. The lowest BCUT2D eigenvalue weighted by Gasteiger charge is -1.98. The molecule has 0 aliphatic heterocycles. The molecule has 19 heavy (non-hydrogen) atoms. The third kappa shape index (κ3) is 3.05. The van der Waals surface area contributed by atoms with Crippen LogP contribution in [-0.2, 0) is 9.59 Å². The van der Waals surface area contributed by atoms with Crippen molar-refractivity contribution in [3.05, 3.63) is 39.9 Å². The van der Waals surface area contributed by atoms with E-state index in [0.29, 0.717) is 18.4 Å². The topological polar surface area (TPSA) is 77.3 Å². The summed E-state index contributed by atoms with van der Waals surface area (Å²) >= 11 is 0. The van der Waals surface area contributed by atoms with Crippen molar-refractivity contribution >= 4 is 17.3 Å². The summed E-state index contributed by atoms with van der Waals surface area (Å²) in [5.41, 5.74) is 0.634. The largest absolute Gasteiger partial charge is 0.299 e. The molecule has 0 heterocycles. The van der Waals surface area contributed by atoms with Gasteiger partial charge >= 0.3 is 0 Å². The summed E-state index contributed by atoms with van der Waals surface area (Å²) in [7, 11) is 0. The van der Waals surface area contributed by atoms with Crippen LogP contribution >= 0.6 is 0 Å². The molecule has 2 rings (SSSR count). The Morgan fingerprint density at radius 3 is 2.26 bits per heavy atom. The molecule has 0 aromatic heterocycles. The van der Waals surface area contributed by atoms with E-state index in [2.05, 4.69) is 11.8 Å². The van der Waals surface area contributed by atoms with Gasteiger partial charge in [0.15, 0.2) is 0 Å². The Labute approximate surface area is 109 Å². The number of nitro benzene ring substituents is 1. The van der Waals surface area contributed by atoms with E-state index in [1.165, 1.54) is 12.1 Å². The van der Waals surface area contributed by atoms with Crippen molar-refractivity contribution in [3.8, 4) is 11.8 Å². The summed E-state index contributed by atoms with van der Waals surface area (Å²) in [5.74, 6) is 4.94. The highest BCUT2D eigenvalue weighted by atomic mass is 16.6.